The number of hydrogen-bond donors (Lipinski definition) is 0. The van der Waals surface area contributed by atoms with Gasteiger partial charge < -0.3 is 5.21 Å². The first-order valence-corrected chi connectivity index (χ1v) is 5.39. The molecule has 0 aliphatic rings. The molecule has 82 valence electrons. The standard InChI is InChI=1S/C14H10N2O/c17-16-10-12-8-4-5-9-13(12)14(15-16)11-6-2-1-3-7-11/h1-10H. The van der Waals surface area contributed by atoms with E-state index in [0.717, 1.165) is 22.0 Å². The van der Waals surface area contributed by atoms with Crippen molar-refractivity contribution in [2.75, 3.05) is 0 Å². The van der Waals surface area contributed by atoms with Crippen LogP contribution in [0, 0.1) is 5.21 Å². The largest absolute Gasteiger partial charge is 0.594 e. The highest BCUT2D eigenvalue weighted by atomic mass is 16.5. The predicted molar refractivity (Wildman–Crippen MR) is 66.1 cm³/mol. The molecule has 0 atom stereocenters. The van der Waals surface area contributed by atoms with E-state index in [1.165, 1.54) is 6.20 Å². The average molecular weight is 222 g/mol. The maximum atomic E-state index is 11.5. The minimum absolute atomic E-state index is 0.616. The summed E-state index contributed by atoms with van der Waals surface area (Å²) in [5, 5.41) is 17.4. The number of hydrogen-bond acceptors (Lipinski definition) is 2. The minimum atomic E-state index is 0.616. The first-order valence-electron chi connectivity index (χ1n) is 5.39. The second-order valence-corrected chi connectivity index (χ2v) is 3.83. The Morgan fingerprint density at radius 2 is 1.59 bits per heavy atom. The molecule has 0 unspecified atom stereocenters. The highest BCUT2D eigenvalue weighted by Crippen LogP contribution is 2.24. The van der Waals surface area contributed by atoms with Crippen molar-refractivity contribution in [1.29, 1.82) is 0 Å². The molecule has 0 amide bonds. The predicted octanol–water partition coefficient (Wildman–Crippen LogP) is 2.54. The van der Waals surface area contributed by atoms with Crippen LogP contribution in [0.1, 0.15) is 0 Å². The van der Waals surface area contributed by atoms with Crippen LogP contribution in [0.5, 0.6) is 0 Å². The van der Waals surface area contributed by atoms with Gasteiger partial charge in [0, 0.05) is 16.0 Å². The summed E-state index contributed by atoms with van der Waals surface area (Å²) in [5.74, 6) is 0. The van der Waals surface area contributed by atoms with Gasteiger partial charge in [-0.05, 0) is 6.07 Å². The maximum Gasteiger partial charge on any atom is 0.217 e. The summed E-state index contributed by atoms with van der Waals surface area (Å²) in [6.07, 6.45) is 1.49. The molecule has 0 saturated carbocycles. The first-order chi connectivity index (χ1) is 8.34. The molecule has 0 saturated heterocycles. The van der Waals surface area contributed by atoms with Crippen molar-refractivity contribution in [1.82, 2.24) is 5.10 Å². The van der Waals surface area contributed by atoms with Gasteiger partial charge in [-0.25, -0.2) is 0 Å². The van der Waals surface area contributed by atoms with Gasteiger partial charge in [-0.2, -0.15) is 0 Å². The minimum Gasteiger partial charge on any atom is -0.594 e. The second-order valence-electron chi connectivity index (χ2n) is 3.83. The van der Waals surface area contributed by atoms with Crippen LogP contribution in [0.4, 0.5) is 0 Å². The van der Waals surface area contributed by atoms with Crippen LogP contribution in [0.2, 0.25) is 0 Å². The number of benzene rings is 2. The monoisotopic (exact) mass is 222 g/mol. The van der Waals surface area contributed by atoms with Crippen molar-refractivity contribution in [2.24, 2.45) is 0 Å². The molecule has 3 rings (SSSR count). The zero-order valence-electron chi connectivity index (χ0n) is 9.08. The van der Waals surface area contributed by atoms with Gasteiger partial charge in [-0.15, -0.1) is 0 Å². The molecule has 3 aromatic rings. The molecule has 0 bridgehead atoms. The summed E-state index contributed by atoms with van der Waals surface area (Å²) in [5.41, 5.74) is 1.67. The molecule has 3 nitrogen and oxygen atoms in total. The van der Waals surface area contributed by atoms with E-state index in [-0.39, 0.29) is 0 Å². The van der Waals surface area contributed by atoms with Gasteiger partial charge in [0.2, 0.25) is 6.20 Å². The third-order valence-electron chi connectivity index (χ3n) is 2.71. The van der Waals surface area contributed by atoms with E-state index >= 15 is 0 Å². The van der Waals surface area contributed by atoms with Crippen LogP contribution in [0.15, 0.2) is 60.8 Å². The lowest BCUT2D eigenvalue weighted by molar-refractivity contribution is -0.666. The van der Waals surface area contributed by atoms with Crippen LogP contribution in [0.3, 0.4) is 0 Å². The summed E-state index contributed by atoms with van der Waals surface area (Å²) in [4.78, 5) is 0.616. The van der Waals surface area contributed by atoms with Crippen molar-refractivity contribution in [2.45, 2.75) is 0 Å². The summed E-state index contributed by atoms with van der Waals surface area (Å²) < 4.78 is 0. The lowest BCUT2D eigenvalue weighted by Crippen LogP contribution is -2.30. The van der Waals surface area contributed by atoms with Crippen LogP contribution in [-0.4, -0.2) is 5.10 Å². The number of fused-ring (bicyclic) bond motifs is 1. The fraction of sp³-hybridized carbons (Fsp3) is 0. The molecule has 1 aromatic heterocycles. The first kappa shape index (κ1) is 9.78. The van der Waals surface area contributed by atoms with Gasteiger partial charge in [-0.3, -0.25) is 0 Å². The average Bonchev–Trinajstić information content (AvgIpc) is 2.39. The molecular weight excluding hydrogens is 212 g/mol. The molecule has 2 aromatic carbocycles. The zero-order valence-corrected chi connectivity index (χ0v) is 9.08. The molecule has 3 heteroatoms. The van der Waals surface area contributed by atoms with Crippen LogP contribution in [0.25, 0.3) is 22.0 Å². The Morgan fingerprint density at radius 3 is 2.41 bits per heavy atom. The number of rotatable bonds is 1. The highest BCUT2D eigenvalue weighted by Gasteiger charge is 2.09. The van der Waals surface area contributed by atoms with Gasteiger partial charge in [0.05, 0.1) is 5.39 Å². The van der Waals surface area contributed by atoms with Gasteiger partial charge >= 0.3 is 0 Å². The topological polar surface area (TPSA) is 39.8 Å². The zero-order chi connectivity index (χ0) is 11.7. The third kappa shape index (κ3) is 1.72. The number of aromatic nitrogens is 2. The molecule has 0 fully saturated rings. The summed E-state index contributed by atoms with van der Waals surface area (Å²) in [6, 6.07) is 17.5. The Labute approximate surface area is 98.5 Å². The SMILES string of the molecule is [O-][n+]1cc2ccccc2c(-c2ccccc2)n1. The van der Waals surface area contributed by atoms with E-state index in [9.17, 15) is 5.21 Å². The van der Waals surface area contributed by atoms with E-state index in [2.05, 4.69) is 5.10 Å². The van der Waals surface area contributed by atoms with E-state index in [1.807, 2.05) is 54.6 Å². The van der Waals surface area contributed by atoms with Crippen molar-refractivity contribution in [3.8, 4) is 11.3 Å². The van der Waals surface area contributed by atoms with Crippen LogP contribution in [-0.2, 0) is 0 Å². The smallest absolute Gasteiger partial charge is 0.217 e. The molecule has 17 heavy (non-hydrogen) atoms. The third-order valence-corrected chi connectivity index (χ3v) is 2.71. The van der Waals surface area contributed by atoms with Crippen molar-refractivity contribution >= 4 is 10.8 Å². The summed E-state index contributed by atoms with van der Waals surface area (Å²) in [7, 11) is 0. The Kier molecular flexibility index (Phi) is 2.22. The Hall–Kier alpha value is -2.42. The summed E-state index contributed by atoms with van der Waals surface area (Å²) >= 11 is 0. The quantitative estimate of drug-likeness (QED) is 0.469. The maximum absolute atomic E-state index is 11.5. The van der Waals surface area contributed by atoms with Crippen LogP contribution >= 0.6 is 0 Å². The fourth-order valence-corrected chi connectivity index (χ4v) is 1.93. The number of nitrogens with zero attached hydrogens (tertiary/aromatic N) is 2. The lowest BCUT2D eigenvalue weighted by atomic mass is 10.1. The molecule has 0 spiro atoms. The van der Waals surface area contributed by atoms with Gasteiger partial charge in [0.15, 0.2) is 0 Å². The van der Waals surface area contributed by atoms with E-state index in [4.69, 9.17) is 0 Å². The molecular formula is C14H10N2O. The molecule has 0 aliphatic carbocycles. The van der Waals surface area contributed by atoms with E-state index in [1.54, 1.807) is 0 Å². The molecule has 0 radical (unpaired) electrons. The highest BCUT2D eigenvalue weighted by molar-refractivity contribution is 5.93. The lowest BCUT2D eigenvalue weighted by Gasteiger charge is -2.04. The van der Waals surface area contributed by atoms with E-state index < -0.39 is 0 Å². The Morgan fingerprint density at radius 1 is 0.882 bits per heavy atom. The van der Waals surface area contributed by atoms with Crippen molar-refractivity contribution in [3.05, 3.63) is 66.0 Å². The van der Waals surface area contributed by atoms with E-state index in [0.29, 0.717) is 4.85 Å². The molecule has 1 heterocycles. The molecule has 0 aliphatic heterocycles. The fourth-order valence-electron chi connectivity index (χ4n) is 1.93. The Bertz CT molecular complexity index is 665. The van der Waals surface area contributed by atoms with Crippen molar-refractivity contribution < 1.29 is 4.85 Å². The van der Waals surface area contributed by atoms with Crippen molar-refractivity contribution in [3.63, 3.8) is 0 Å². The summed E-state index contributed by atoms with van der Waals surface area (Å²) in [6.45, 7) is 0. The Balaban J connectivity index is 2.36. The van der Waals surface area contributed by atoms with Gasteiger partial charge in [-0.1, -0.05) is 53.4 Å². The molecule has 0 N–H and O–H groups in total. The van der Waals surface area contributed by atoms with Gasteiger partial charge in [0.25, 0.3) is 0 Å². The van der Waals surface area contributed by atoms with Gasteiger partial charge in [0.1, 0.15) is 5.69 Å². The van der Waals surface area contributed by atoms with Crippen LogP contribution < -0.4 is 4.85 Å². The normalized spacial score (nSPS) is 10.6. The second kappa shape index (κ2) is 3.87.